The van der Waals surface area contributed by atoms with Crippen molar-refractivity contribution in [3.8, 4) is 5.75 Å². The molecule has 0 aliphatic heterocycles. The molecule has 0 aliphatic rings. The lowest BCUT2D eigenvalue weighted by Gasteiger charge is -2.11. The highest BCUT2D eigenvalue weighted by Crippen LogP contribution is 2.27. The zero-order valence-electron chi connectivity index (χ0n) is 14.5. The van der Waals surface area contributed by atoms with Crippen molar-refractivity contribution in [3.63, 3.8) is 0 Å². The van der Waals surface area contributed by atoms with Crippen LogP contribution in [-0.4, -0.2) is 22.1 Å². The number of rotatable bonds is 5. The van der Waals surface area contributed by atoms with Crippen molar-refractivity contribution in [1.29, 1.82) is 0 Å². The fraction of sp³-hybridized carbons (Fsp3) is 0.0500. The molecule has 0 aliphatic carbocycles. The molecular formula is C20H16BrN5O. The molecule has 0 unspecified atom stereocenters. The number of nitrogens with zero attached hydrogens (tertiary/aromatic N) is 3. The monoisotopic (exact) mass is 421 g/mol. The average Bonchev–Trinajstić information content (AvgIpc) is 2.71. The van der Waals surface area contributed by atoms with Gasteiger partial charge in [-0.2, -0.15) is 4.98 Å². The van der Waals surface area contributed by atoms with Crippen LogP contribution in [0.15, 0.2) is 71.5 Å². The van der Waals surface area contributed by atoms with Crippen LogP contribution >= 0.6 is 15.9 Å². The molecule has 0 saturated carbocycles. The van der Waals surface area contributed by atoms with E-state index >= 15 is 0 Å². The lowest BCUT2D eigenvalue weighted by Crippen LogP contribution is -2.01. The third-order valence-corrected chi connectivity index (χ3v) is 4.54. The maximum Gasteiger partial charge on any atom is 0.229 e. The van der Waals surface area contributed by atoms with Crippen molar-refractivity contribution in [3.05, 3.63) is 71.5 Å². The third-order valence-electron chi connectivity index (χ3n) is 3.96. The Morgan fingerprint density at radius 3 is 2.56 bits per heavy atom. The third kappa shape index (κ3) is 3.98. The van der Waals surface area contributed by atoms with Crippen molar-refractivity contribution in [2.75, 3.05) is 17.7 Å². The number of hydrogen-bond acceptors (Lipinski definition) is 6. The number of benzene rings is 2. The first-order valence-corrected chi connectivity index (χ1v) is 9.06. The second-order valence-electron chi connectivity index (χ2n) is 5.78. The topological polar surface area (TPSA) is 72.0 Å². The highest BCUT2D eigenvalue weighted by atomic mass is 79.9. The van der Waals surface area contributed by atoms with Gasteiger partial charge in [-0.15, -0.1) is 0 Å². The zero-order chi connectivity index (χ0) is 18.6. The van der Waals surface area contributed by atoms with Crippen LogP contribution in [0.5, 0.6) is 5.75 Å². The van der Waals surface area contributed by atoms with Crippen LogP contribution in [0.2, 0.25) is 0 Å². The van der Waals surface area contributed by atoms with Gasteiger partial charge >= 0.3 is 0 Å². The van der Waals surface area contributed by atoms with E-state index in [-0.39, 0.29) is 0 Å². The molecule has 0 fully saturated rings. The van der Waals surface area contributed by atoms with E-state index in [2.05, 4.69) is 41.5 Å². The SMILES string of the molecule is COc1ccc(Nc2nc(Nc3ccc4ncccc4c3)ncc2Br)cc1. The van der Waals surface area contributed by atoms with Crippen LogP contribution in [0.1, 0.15) is 0 Å². The van der Waals surface area contributed by atoms with Gasteiger partial charge < -0.3 is 15.4 Å². The molecule has 2 aromatic carbocycles. The standard InChI is InChI=1S/C20H16BrN5O/c1-27-16-7-4-14(5-8-16)24-19-17(21)12-23-20(26-19)25-15-6-9-18-13(11-15)3-2-10-22-18/h2-12H,1H3,(H2,23,24,25,26). The van der Waals surface area contributed by atoms with E-state index in [4.69, 9.17) is 4.74 Å². The number of anilines is 4. The van der Waals surface area contributed by atoms with Gasteiger partial charge in [-0.25, -0.2) is 4.98 Å². The van der Waals surface area contributed by atoms with Gasteiger partial charge in [-0.1, -0.05) is 6.07 Å². The summed E-state index contributed by atoms with van der Waals surface area (Å²) in [5.74, 6) is 1.97. The highest BCUT2D eigenvalue weighted by Gasteiger charge is 2.07. The smallest absolute Gasteiger partial charge is 0.229 e. The molecule has 2 aromatic heterocycles. The van der Waals surface area contributed by atoms with E-state index in [1.807, 2.05) is 54.6 Å². The predicted molar refractivity (Wildman–Crippen MR) is 111 cm³/mol. The molecule has 2 heterocycles. The molecule has 4 rings (SSSR count). The lowest BCUT2D eigenvalue weighted by molar-refractivity contribution is 0.415. The normalized spacial score (nSPS) is 10.6. The summed E-state index contributed by atoms with van der Waals surface area (Å²) in [4.78, 5) is 13.2. The average molecular weight is 422 g/mol. The Morgan fingerprint density at radius 2 is 1.74 bits per heavy atom. The number of pyridine rings is 1. The van der Waals surface area contributed by atoms with Crippen LogP contribution in [0.25, 0.3) is 10.9 Å². The number of fused-ring (bicyclic) bond motifs is 1. The Bertz CT molecular complexity index is 1090. The van der Waals surface area contributed by atoms with Crippen LogP contribution in [0.3, 0.4) is 0 Å². The van der Waals surface area contributed by atoms with Gasteiger partial charge in [0.1, 0.15) is 11.6 Å². The van der Waals surface area contributed by atoms with E-state index in [0.29, 0.717) is 11.8 Å². The van der Waals surface area contributed by atoms with E-state index in [0.717, 1.165) is 32.5 Å². The second kappa shape index (κ2) is 7.59. The van der Waals surface area contributed by atoms with Crippen molar-refractivity contribution in [2.45, 2.75) is 0 Å². The Morgan fingerprint density at radius 1 is 0.926 bits per heavy atom. The van der Waals surface area contributed by atoms with Gasteiger partial charge in [-0.3, -0.25) is 4.98 Å². The highest BCUT2D eigenvalue weighted by molar-refractivity contribution is 9.10. The molecule has 0 atom stereocenters. The van der Waals surface area contributed by atoms with Gasteiger partial charge in [0, 0.05) is 29.2 Å². The van der Waals surface area contributed by atoms with Gasteiger partial charge in [-0.05, 0) is 64.5 Å². The summed E-state index contributed by atoms with van der Waals surface area (Å²) >= 11 is 3.49. The van der Waals surface area contributed by atoms with Gasteiger partial charge in [0.05, 0.1) is 17.1 Å². The van der Waals surface area contributed by atoms with Crippen LogP contribution in [0.4, 0.5) is 23.1 Å². The molecule has 27 heavy (non-hydrogen) atoms. The van der Waals surface area contributed by atoms with Crippen LogP contribution in [0, 0.1) is 0 Å². The van der Waals surface area contributed by atoms with E-state index in [1.54, 1.807) is 19.5 Å². The molecule has 0 bridgehead atoms. The predicted octanol–water partition coefficient (Wildman–Crippen LogP) is 5.28. The minimum absolute atomic E-state index is 0.498. The number of ether oxygens (including phenoxy) is 1. The number of methoxy groups -OCH3 is 1. The fourth-order valence-corrected chi connectivity index (χ4v) is 2.90. The first kappa shape index (κ1) is 17.2. The van der Waals surface area contributed by atoms with Gasteiger partial charge in [0.25, 0.3) is 0 Å². The van der Waals surface area contributed by atoms with Crippen molar-refractivity contribution < 1.29 is 4.74 Å². The summed E-state index contributed by atoms with van der Waals surface area (Å²) in [5, 5.41) is 7.56. The molecule has 0 amide bonds. The summed E-state index contributed by atoms with van der Waals surface area (Å²) in [6.45, 7) is 0. The Hall–Kier alpha value is -3.19. The molecular weight excluding hydrogens is 406 g/mol. The molecule has 2 N–H and O–H groups in total. The first-order valence-electron chi connectivity index (χ1n) is 8.27. The van der Waals surface area contributed by atoms with Crippen molar-refractivity contribution in [2.24, 2.45) is 0 Å². The first-order chi connectivity index (χ1) is 13.2. The van der Waals surface area contributed by atoms with E-state index in [1.165, 1.54) is 0 Å². The maximum atomic E-state index is 5.18. The summed E-state index contributed by atoms with van der Waals surface area (Å²) in [6.07, 6.45) is 3.49. The van der Waals surface area contributed by atoms with Crippen LogP contribution in [-0.2, 0) is 0 Å². The fourth-order valence-electron chi connectivity index (χ4n) is 2.61. The summed E-state index contributed by atoms with van der Waals surface area (Å²) in [6, 6.07) is 17.5. The molecule has 0 saturated heterocycles. The molecule has 6 nitrogen and oxygen atoms in total. The molecule has 4 aromatic rings. The second-order valence-corrected chi connectivity index (χ2v) is 6.63. The number of aromatic nitrogens is 3. The van der Waals surface area contributed by atoms with E-state index < -0.39 is 0 Å². The number of hydrogen-bond donors (Lipinski definition) is 2. The van der Waals surface area contributed by atoms with E-state index in [9.17, 15) is 0 Å². The molecule has 134 valence electrons. The number of halogens is 1. The zero-order valence-corrected chi connectivity index (χ0v) is 16.1. The summed E-state index contributed by atoms with van der Waals surface area (Å²) in [5.41, 5.74) is 2.74. The minimum Gasteiger partial charge on any atom is -0.497 e. The molecule has 0 spiro atoms. The molecule has 0 radical (unpaired) electrons. The Kier molecular flexibility index (Phi) is 4.84. The minimum atomic E-state index is 0.498. The van der Waals surface area contributed by atoms with Gasteiger partial charge in [0.15, 0.2) is 0 Å². The lowest BCUT2D eigenvalue weighted by atomic mass is 10.2. The van der Waals surface area contributed by atoms with Crippen LogP contribution < -0.4 is 15.4 Å². The summed E-state index contributed by atoms with van der Waals surface area (Å²) in [7, 11) is 1.64. The molecule has 7 heteroatoms. The maximum absolute atomic E-state index is 5.18. The largest absolute Gasteiger partial charge is 0.497 e. The van der Waals surface area contributed by atoms with Crippen molar-refractivity contribution >= 4 is 50.0 Å². The Labute approximate surface area is 164 Å². The number of nitrogens with one attached hydrogen (secondary N) is 2. The Balaban J connectivity index is 1.57. The van der Waals surface area contributed by atoms with Crippen molar-refractivity contribution in [1.82, 2.24) is 15.0 Å². The quantitative estimate of drug-likeness (QED) is 0.456. The van der Waals surface area contributed by atoms with Gasteiger partial charge in [0.2, 0.25) is 5.95 Å². The summed E-state index contributed by atoms with van der Waals surface area (Å²) < 4.78 is 5.95.